The van der Waals surface area contributed by atoms with Crippen molar-refractivity contribution in [3.63, 3.8) is 0 Å². The lowest BCUT2D eigenvalue weighted by Gasteiger charge is -2.14. The van der Waals surface area contributed by atoms with Crippen LogP contribution in [0.2, 0.25) is 0 Å². The van der Waals surface area contributed by atoms with Gasteiger partial charge in [-0.15, -0.1) is 0 Å². The van der Waals surface area contributed by atoms with Crippen LogP contribution in [0.5, 0.6) is 5.75 Å². The molecule has 1 aromatic rings. The average Bonchev–Trinajstić information content (AvgIpc) is 2.65. The van der Waals surface area contributed by atoms with Crippen molar-refractivity contribution in [3.05, 3.63) is 29.8 Å². The van der Waals surface area contributed by atoms with Crippen LogP contribution in [0.3, 0.4) is 0 Å². The molecule has 0 amide bonds. The molecule has 3 heteroatoms. The molecular formula is C24H40O3. The minimum atomic E-state index is -0.841. The molecule has 154 valence electrons. The third-order valence-electron chi connectivity index (χ3n) is 5.46. The molecule has 0 bridgehead atoms. The molecule has 0 fully saturated rings. The number of phenolic OH excluding ortho intramolecular Hbond substituents is 1. The van der Waals surface area contributed by atoms with Gasteiger partial charge in [0.25, 0.3) is 0 Å². The van der Waals surface area contributed by atoms with Crippen LogP contribution in [0.25, 0.3) is 0 Å². The molecule has 0 aromatic heterocycles. The molecule has 0 heterocycles. The normalized spacial score (nSPS) is 12.2. The van der Waals surface area contributed by atoms with Crippen LogP contribution < -0.4 is 0 Å². The second-order valence-electron chi connectivity index (χ2n) is 7.83. The summed E-state index contributed by atoms with van der Waals surface area (Å²) < 4.78 is 0. The van der Waals surface area contributed by atoms with Crippen molar-refractivity contribution in [1.29, 1.82) is 0 Å². The predicted octanol–water partition coefficient (Wildman–Crippen LogP) is 7.43. The smallest absolute Gasteiger partial charge is 0.311 e. The van der Waals surface area contributed by atoms with E-state index in [1.165, 1.54) is 77.0 Å². The Morgan fingerprint density at radius 2 is 1.22 bits per heavy atom. The van der Waals surface area contributed by atoms with Crippen LogP contribution in [-0.4, -0.2) is 16.2 Å². The SMILES string of the molecule is CCCCCCCCCCCCCCCCC(C(=O)O)c1ccccc1O. The standard InChI is InChI=1S/C24H40O3/c1-2-3-4-5-6-7-8-9-10-11-12-13-14-15-19-22(24(26)27)21-18-16-17-20-23(21)25/h16-18,20,22,25H,2-15,19H2,1H3,(H,26,27). The van der Waals surface area contributed by atoms with Gasteiger partial charge in [0.15, 0.2) is 0 Å². The summed E-state index contributed by atoms with van der Waals surface area (Å²) in [5.74, 6) is -1.34. The largest absolute Gasteiger partial charge is 0.508 e. The Morgan fingerprint density at radius 1 is 0.778 bits per heavy atom. The summed E-state index contributed by atoms with van der Waals surface area (Å²) in [6.45, 7) is 2.26. The van der Waals surface area contributed by atoms with Crippen molar-refractivity contribution in [1.82, 2.24) is 0 Å². The lowest BCUT2D eigenvalue weighted by molar-refractivity contribution is -0.139. The van der Waals surface area contributed by atoms with Crippen LogP contribution in [0.4, 0.5) is 0 Å². The van der Waals surface area contributed by atoms with E-state index in [0.717, 1.165) is 12.8 Å². The van der Waals surface area contributed by atoms with E-state index in [0.29, 0.717) is 12.0 Å². The fourth-order valence-electron chi connectivity index (χ4n) is 3.74. The summed E-state index contributed by atoms with van der Waals surface area (Å²) in [6, 6.07) is 6.80. The minimum Gasteiger partial charge on any atom is -0.508 e. The van der Waals surface area contributed by atoms with E-state index in [-0.39, 0.29) is 5.75 Å². The van der Waals surface area contributed by atoms with E-state index in [1.54, 1.807) is 24.3 Å². The van der Waals surface area contributed by atoms with Crippen LogP contribution in [-0.2, 0) is 4.79 Å². The Balaban J connectivity index is 2.00. The van der Waals surface area contributed by atoms with Crippen molar-refractivity contribution in [2.45, 2.75) is 109 Å². The number of hydrogen-bond acceptors (Lipinski definition) is 2. The van der Waals surface area contributed by atoms with E-state index in [2.05, 4.69) is 6.92 Å². The fraction of sp³-hybridized carbons (Fsp3) is 0.708. The molecule has 0 aliphatic heterocycles. The molecule has 27 heavy (non-hydrogen) atoms. The maximum Gasteiger partial charge on any atom is 0.311 e. The number of para-hydroxylation sites is 1. The third kappa shape index (κ3) is 11.0. The Bertz CT molecular complexity index is 498. The van der Waals surface area contributed by atoms with Crippen LogP contribution in [0, 0.1) is 0 Å². The van der Waals surface area contributed by atoms with Crippen LogP contribution >= 0.6 is 0 Å². The number of unbranched alkanes of at least 4 members (excludes halogenated alkanes) is 13. The zero-order valence-electron chi connectivity index (χ0n) is 17.3. The number of hydrogen-bond donors (Lipinski definition) is 2. The highest BCUT2D eigenvalue weighted by molar-refractivity contribution is 5.77. The quantitative estimate of drug-likeness (QED) is 0.278. The highest BCUT2D eigenvalue weighted by Crippen LogP contribution is 2.30. The number of aliphatic carboxylic acids is 1. The van der Waals surface area contributed by atoms with Gasteiger partial charge in [-0.1, -0.05) is 115 Å². The Kier molecular flexibility index (Phi) is 13.5. The molecule has 0 radical (unpaired) electrons. The molecule has 0 spiro atoms. The Hall–Kier alpha value is -1.51. The number of rotatable bonds is 17. The zero-order chi connectivity index (χ0) is 19.7. The molecular weight excluding hydrogens is 336 g/mol. The molecule has 1 aromatic carbocycles. The summed E-state index contributed by atoms with van der Waals surface area (Å²) in [7, 11) is 0. The van der Waals surface area contributed by atoms with Gasteiger partial charge in [-0.25, -0.2) is 0 Å². The number of carboxylic acids is 1. The van der Waals surface area contributed by atoms with E-state index < -0.39 is 11.9 Å². The number of carboxylic acid groups (broad SMARTS) is 1. The second kappa shape index (κ2) is 15.5. The van der Waals surface area contributed by atoms with Gasteiger partial charge in [0.2, 0.25) is 0 Å². The van der Waals surface area contributed by atoms with Crippen molar-refractivity contribution in [2.75, 3.05) is 0 Å². The fourth-order valence-corrected chi connectivity index (χ4v) is 3.74. The first-order valence-electron chi connectivity index (χ1n) is 11.2. The summed E-state index contributed by atoms with van der Waals surface area (Å²) >= 11 is 0. The van der Waals surface area contributed by atoms with Crippen molar-refractivity contribution < 1.29 is 15.0 Å². The van der Waals surface area contributed by atoms with Gasteiger partial charge < -0.3 is 10.2 Å². The summed E-state index contributed by atoms with van der Waals surface area (Å²) in [4.78, 5) is 11.5. The van der Waals surface area contributed by atoms with E-state index in [4.69, 9.17) is 0 Å². The van der Waals surface area contributed by atoms with Gasteiger partial charge in [-0.3, -0.25) is 4.79 Å². The molecule has 1 unspecified atom stereocenters. The number of aromatic hydroxyl groups is 1. The number of phenols is 1. The molecule has 0 saturated heterocycles. The highest BCUT2D eigenvalue weighted by atomic mass is 16.4. The zero-order valence-corrected chi connectivity index (χ0v) is 17.3. The van der Waals surface area contributed by atoms with Crippen LogP contribution in [0.1, 0.15) is 115 Å². The highest BCUT2D eigenvalue weighted by Gasteiger charge is 2.21. The number of benzene rings is 1. The van der Waals surface area contributed by atoms with Gasteiger partial charge >= 0.3 is 5.97 Å². The van der Waals surface area contributed by atoms with Crippen molar-refractivity contribution in [2.24, 2.45) is 0 Å². The van der Waals surface area contributed by atoms with Crippen molar-refractivity contribution in [3.8, 4) is 5.75 Å². The predicted molar refractivity (Wildman–Crippen MR) is 113 cm³/mol. The van der Waals surface area contributed by atoms with Gasteiger partial charge in [-0.05, 0) is 12.5 Å². The van der Waals surface area contributed by atoms with E-state index in [9.17, 15) is 15.0 Å². The van der Waals surface area contributed by atoms with E-state index in [1.807, 2.05) is 0 Å². The first-order chi connectivity index (χ1) is 13.2. The molecule has 0 saturated carbocycles. The van der Waals surface area contributed by atoms with Gasteiger partial charge in [-0.2, -0.15) is 0 Å². The van der Waals surface area contributed by atoms with Gasteiger partial charge in [0, 0.05) is 5.56 Å². The van der Waals surface area contributed by atoms with E-state index >= 15 is 0 Å². The van der Waals surface area contributed by atoms with Gasteiger partial charge in [0.1, 0.15) is 5.75 Å². The summed E-state index contributed by atoms with van der Waals surface area (Å²) in [5.41, 5.74) is 0.541. The molecule has 0 aliphatic carbocycles. The minimum absolute atomic E-state index is 0.0928. The van der Waals surface area contributed by atoms with Gasteiger partial charge in [0.05, 0.1) is 5.92 Å². The molecule has 0 aliphatic rings. The maximum atomic E-state index is 11.5. The maximum absolute atomic E-state index is 11.5. The lowest BCUT2D eigenvalue weighted by Crippen LogP contribution is -2.11. The molecule has 3 nitrogen and oxygen atoms in total. The number of carbonyl (C=O) groups is 1. The first kappa shape index (κ1) is 23.5. The Morgan fingerprint density at radius 3 is 1.67 bits per heavy atom. The summed E-state index contributed by atoms with van der Waals surface area (Å²) in [6.07, 6.45) is 18.7. The second-order valence-corrected chi connectivity index (χ2v) is 7.83. The topological polar surface area (TPSA) is 57.5 Å². The summed E-state index contributed by atoms with van der Waals surface area (Å²) in [5, 5.41) is 19.3. The molecule has 1 atom stereocenters. The lowest BCUT2D eigenvalue weighted by atomic mass is 9.92. The molecule has 1 rings (SSSR count). The molecule has 2 N–H and O–H groups in total. The van der Waals surface area contributed by atoms with Crippen molar-refractivity contribution >= 4 is 5.97 Å². The first-order valence-corrected chi connectivity index (χ1v) is 11.2. The average molecular weight is 377 g/mol. The Labute approximate surface area is 166 Å². The monoisotopic (exact) mass is 376 g/mol. The van der Waals surface area contributed by atoms with Crippen LogP contribution in [0.15, 0.2) is 24.3 Å². The third-order valence-corrected chi connectivity index (χ3v) is 5.46.